The molecule has 3 nitrogen and oxygen atoms in total. The zero-order valence-corrected chi connectivity index (χ0v) is 18.5. The standard InChI is InChI=1S/C26H31N3/c1-17-13-21-10-7-9-20-11-8-12-27-24(20)29(25(21)28-16-17)23-18(2)14-22(15-19(23)3)26(4,5)6/h8,11-16H,7,9-10H2,1-6H3. The summed E-state index contributed by atoms with van der Waals surface area (Å²) in [4.78, 5) is 12.1. The van der Waals surface area contributed by atoms with Gasteiger partial charge in [-0.1, -0.05) is 45.0 Å². The van der Waals surface area contributed by atoms with Crippen molar-refractivity contribution < 1.29 is 0 Å². The Kier molecular flexibility index (Phi) is 4.94. The fraction of sp³-hybridized carbons (Fsp3) is 0.385. The van der Waals surface area contributed by atoms with Crippen LogP contribution in [0.3, 0.4) is 0 Å². The topological polar surface area (TPSA) is 29.0 Å². The number of anilines is 3. The Morgan fingerprint density at radius 3 is 2.21 bits per heavy atom. The lowest BCUT2D eigenvalue weighted by molar-refractivity contribution is 0.589. The number of pyridine rings is 2. The van der Waals surface area contributed by atoms with Gasteiger partial charge in [-0.15, -0.1) is 0 Å². The van der Waals surface area contributed by atoms with Crippen molar-refractivity contribution in [1.29, 1.82) is 0 Å². The highest BCUT2D eigenvalue weighted by Crippen LogP contribution is 2.42. The minimum Gasteiger partial charge on any atom is -0.278 e. The van der Waals surface area contributed by atoms with Crippen LogP contribution in [0.25, 0.3) is 0 Å². The summed E-state index contributed by atoms with van der Waals surface area (Å²) in [6, 6.07) is 11.2. The first kappa shape index (κ1) is 19.6. The molecule has 0 fully saturated rings. The van der Waals surface area contributed by atoms with Gasteiger partial charge in [0.25, 0.3) is 0 Å². The lowest BCUT2D eigenvalue weighted by Crippen LogP contribution is -2.21. The molecule has 0 atom stereocenters. The van der Waals surface area contributed by atoms with Gasteiger partial charge < -0.3 is 0 Å². The van der Waals surface area contributed by atoms with Crippen molar-refractivity contribution in [2.75, 3.05) is 4.90 Å². The first-order valence-electron chi connectivity index (χ1n) is 10.6. The number of aromatic nitrogens is 2. The lowest BCUT2D eigenvalue weighted by Gasteiger charge is -2.32. The summed E-state index contributed by atoms with van der Waals surface area (Å²) < 4.78 is 0. The Bertz CT molecular complexity index is 1040. The summed E-state index contributed by atoms with van der Waals surface area (Å²) in [5, 5.41) is 0. The second-order valence-electron chi connectivity index (χ2n) is 9.38. The van der Waals surface area contributed by atoms with Gasteiger partial charge in [-0.05, 0) is 84.9 Å². The molecular formula is C26H31N3. The number of benzene rings is 1. The van der Waals surface area contributed by atoms with Crippen LogP contribution in [0, 0.1) is 20.8 Å². The van der Waals surface area contributed by atoms with Crippen LogP contribution < -0.4 is 4.90 Å². The van der Waals surface area contributed by atoms with Crippen LogP contribution in [0.15, 0.2) is 42.7 Å². The molecule has 29 heavy (non-hydrogen) atoms. The molecule has 3 heterocycles. The van der Waals surface area contributed by atoms with Gasteiger partial charge in [0, 0.05) is 12.4 Å². The van der Waals surface area contributed by atoms with Crippen LogP contribution in [-0.2, 0) is 18.3 Å². The van der Waals surface area contributed by atoms with E-state index in [-0.39, 0.29) is 5.41 Å². The van der Waals surface area contributed by atoms with E-state index in [1.807, 2.05) is 18.5 Å². The van der Waals surface area contributed by atoms with Crippen LogP contribution in [0.5, 0.6) is 0 Å². The fourth-order valence-corrected chi connectivity index (χ4v) is 4.36. The fourth-order valence-electron chi connectivity index (χ4n) is 4.36. The molecule has 3 aromatic rings. The van der Waals surface area contributed by atoms with Gasteiger partial charge in [0.05, 0.1) is 5.69 Å². The smallest absolute Gasteiger partial charge is 0.141 e. The third-order valence-electron chi connectivity index (χ3n) is 5.84. The molecule has 3 heteroatoms. The average molecular weight is 386 g/mol. The Hall–Kier alpha value is -2.68. The van der Waals surface area contributed by atoms with E-state index >= 15 is 0 Å². The van der Waals surface area contributed by atoms with Gasteiger partial charge >= 0.3 is 0 Å². The van der Waals surface area contributed by atoms with Crippen LogP contribution >= 0.6 is 0 Å². The van der Waals surface area contributed by atoms with Crippen molar-refractivity contribution >= 4 is 17.3 Å². The Balaban J connectivity index is 2.00. The third-order valence-corrected chi connectivity index (χ3v) is 5.84. The molecule has 0 saturated heterocycles. The van der Waals surface area contributed by atoms with Gasteiger partial charge in [0.2, 0.25) is 0 Å². The van der Waals surface area contributed by atoms with Crippen molar-refractivity contribution in [3.63, 3.8) is 0 Å². The van der Waals surface area contributed by atoms with E-state index < -0.39 is 0 Å². The summed E-state index contributed by atoms with van der Waals surface area (Å²) in [5.41, 5.74) is 9.02. The molecule has 1 aliphatic heterocycles. The zero-order valence-electron chi connectivity index (χ0n) is 18.5. The molecule has 150 valence electrons. The largest absolute Gasteiger partial charge is 0.278 e. The van der Waals surface area contributed by atoms with Crippen LogP contribution in [0.1, 0.15) is 60.6 Å². The molecule has 1 aliphatic rings. The lowest BCUT2D eigenvalue weighted by atomic mass is 9.84. The average Bonchev–Trinajstić information content (AvgIpc) is 2.64. The van der Waals surface area contributed by atoms with Crippen LogP contribution in [0.4, 0.5) is 17.3 Å². The summed E-state index contributed by atoms with van der Waals surface area (Å²) in [6.45, 7) is 13.4. The number of aryl methyl sites for hydroxylation is 5. The van der Waals surface area contributed by atoms with Gasteiger partial charge in [-0.2, -0.15) is 0 Å². The van der Waals surface area contributed by atoms with E-state index in [0.29, 0.717) is 0 Å². The number of fused-ring (bicyclic) bond motifs is 2. The second kappa shape index (κ2) is 7.29. The molecule has 4 rings (SSSR count). The summed E-state index contributed by atoms with van der Waals surface area (Å²) >= 11 is 0. The summed E-state index contributed by atoms with van der Waals surface area (Å²) in [7, 11) is 0. The molecule has 0 saturated carbocycles. The van der Waals surface area contributed by atoms with Gasteiger partial charge in [0.15, 0.2) is 0 Å². The van der Waals surface area contributed by atoms with Crippen LogP contribution in [0.2, 0.25) is 0 Å². The molecule has 2 aromatic heterocycles. The van der Waals surface area contributed by atoms with E-state index in [1.165, 1.54) is 39.1 Å². The minimum atomic E-state index is 0.119. The van der Waals surface area contributed by atoms with Gasteiger partial charge in [-0.25, -0.2) is 9.97 Å². The van der Waals surface area contributed by atoms with Crippen LogP contribution in [-0.4, -0.2) is 9.97 Å². The molecule has 0 bridgehead atoms. The first-order chi connectivity index (χ1) is 13.8. The third kappa shape index (κ3) is 3.66. The molecule has 0 spiro atoms. The van der Waals surface area contributed by atoms with Gasteiger partial charge in [0.1, 0.15) is 11.6 Å². The highest BCUT2D eigenvalue weighted by molar-refractivity contribution is 5.80. The SMILES string of the molecule is Cc1cnc2c(c1)CCCc1cccnc1N2c1c(C)cc(C(C)(C)C)cc1C. The van der Waals surface area contributed by atoms with E-state index in [4.69, 9.17) is 9.97 Å². The minimum absolute atomic E-state index is 0.119. The van der Waals surface area contributed by atoms with E-state index in [9.17, 15) is 0 Å². The quantitative estimate of drug-likeness (QED) is 0.469. The monoisotopic (exact) mass is 385 g/mol. The molecule has 0 amide bonds. The van der Waals surface area contributed by atoms with E-state index in [1.54, 1.807) is 0 Å². The predicted molar refractivity (Wildman–Crippen MR) is 122 cm³/mol. The van der Waals surface area contributed by atoms with Crippen molar-refractivity contribution in [1.82, 2.24) is 9.97 Å². The van der Waals surface area contributed by atoms with Crippen molar-refractivity contribution in [3.05, 3.63) is 76.1 Å². The summed E-state index contributed by atoms with van der Waals surface area (Å²) in [5.74, 6) is 2.03. The van der Waals surface area contributed by atoms with Crippen molar-refractivity contribution in [3.8, 4) is 0 Å². The van der Waals surface area contributed by atoms with E-state index in [0.717, 1.165) is 30.9 Å². The molecular weight excluding hydrogens is 354 g/mol. The molecule has 0 N–H and O–H groups in total. The normalized spacial score (nSPS) is 14.1. The highest BCUT2D eigenvalue weighted by atomic mass is 15.2. The molecule has 0 radical (unpaired) electrons. The summed E-state index contributed by atoms with van der Waals surface area (Å²) in [6.07, 6.45) is 7.06. The maximum absolute atomic E-state index is 4.92. The molecule has 0 aliphatic carbocycles. The highest BCUT2D eigenvalue weighted by Gasteiger charge is 2.27. The number of hydrogen-bond acceptors (Lipinski definition) is 3. The zero-order chi connectivity index (χ0) is 20.8. The maximum Gasteiger partial charge on any atom is 0.141 e. The van der Waals surface area contributed by atoms with E-state index in [2.05, 4.69) is 70.7 Å². The van der Waals surface area contributed by atoms with Crippen molar-refractivity contribution in [2.24, 2.45) is 0 Å². The Morgan fingerprint density at radius 1 is 0.862 bits per heavy atom. The predicted octanol–water partition coefficient (Wildman–Crippen LogP) is 6.66. The number of nitrogens with zero attached hydrogens (tertiary/aromatic N) is 3. The number of hydrogen-bond donors (Lipinski definition) is 0. The molecule has 0 unspecified atom stereocenters. The number of rotatable bonds is 1. The maximum atomic E-state index is 4.92. The Morgan fingerprint density at radius 2 is 1.52 bits per heavy atom. The Labute approximate surface area is 174 Å². The van der Waals surface area contributed by atoms with Gasteiger partial charge in [-0.3, -0.25) is 4.90 Å². The second-order valence-corrected chi connectivity index (χ2v) is 9.38. The van der Waals surface area contributed by atoms with Crippen molar-refractivity contribution in [2.45, 2.75) is 66.2 Å². The first-order valence-corrected chi connectivity index (χ1v) is 10.6. The molecule has 1 aromatic carbocycles.